The molecule has 2 rings (SSSR count). The summed E-state index contributed by atoms with van der Waals surface area (Å²) in [7, 11) is -2.10. The maximum absolute atomic E-state index is 6.32. The molecule has 1 aliphatic rings. The minimum atomic E-state index is -1.79. The molecule has 1 fully saturated rings. The number of benzene rings is 1. The normalized spacial score (nSPS) is 20.3. The van der Waals surface area contributed by atoms with E-state index >= 15 is 0 Å². The average Bonchev–Trinajstić information content (AvgIpc) is 2.64. The van der Waals surface area contributed by atoms with Gasteiger partial charge in [0.25, 0.3) is 0 Å². The van der Waals surface area contributed by atoms with Crippen molar-refractivity contribution < 1.29 is 13.7 Å². The fraction of sp³-hybridized carbons (Fsp3) is 0.600. The van der Waals surface area contributed by atoms with Crippen molar-refractivity contribution >= 4 is 21.5 Å². The van der Waals surface area contributed by atoms with Crippen LogP contribution in [0.15, 0.2) is 30.2 Å². The van der Waals surface area contributed by atoms with E-state index in [0.717, 1.165) is 11.3 Å². The van der Waals surface area contributed by atoms with E-state index in [0.29, 0.717) is 0 Å². The second-order valence-electron chi connectivity index (χ2n) is 9.42. The molecule has 0 aliphatic carbocycles. The van der Waals surface area contributed by atoms with E-state index < -0.39 is 8.32 Å². The molecule has 0 aromatic heterocycles. The van der Waals surface area contributed by atoms with Crippen LogP contribution >= 0.6 is 0 Å². The Morgan fingerprint density at radius 1 is 0.960 bits per heavy atom. The molecule has 0 spiro atoms. The third-order valence-corrected chi connectivity index (χ3v) is 10.1. The average molecular weight is 360 g/mol. The summed E-state index contributed by atoms with van der Waals surface area (Å²) in [6.45, 7) is 19.5. The summed E-state index contributed by atoms with van der Waals surface area (Å²) in [5, 5.41) is 0.197. The zero-order valence-electron chi connectivity index (χ0n) is 17.3. The van der Waals surface area contributed by atoms with Gasteiger partial charge in [0.2, 0.25) is 8.32 Å². The van der Waals surface area contributed by atoms with Crippen molar-refractivity contribution in [1.29, 1.82) is 0 Å². The van der Waals surface area contributed by atoms with Crippen LogP contribution in [0.2, 0.25) is 18.1 Å². The standard InChI is InChI=1S/C20H33BO3Si/c1-18(2,3)25(8,9)22-17-12-10-16(11-13-17)14-15-21-23-19(4,5)20(6,7)24-21/h10-15H,1-9H3/b15-14+. The van der Waals surface area contributed by atoms with Crippen molar-refractivity contribution in [3.8, 4) is 5.75 Å². The molecular weight excluding hydrogens is 327 g/mol. The summed E-state index contributed by atoms with van der Waals surface area (Å²) >= 11 is 0. The highest BCUT2D eigenvalue weighted by molar-refractivity contribution is 6.74. The van der Waals surface area contributed by atoms with Crippen LogP contribution in [-0.4, -0.2) is 26.6 Å². The van der Waals surface area contributed by atoms with E-state index in [1.165, 1.54) is 0 Å². The minimum Gasteiger partial charge on any atom is -0.544 e. The maximum atomic E-state index is 6.32. The van der Waals surface area contributed by atoms with Crippen molar-refractivity contribution in [1.82, 2.24) is 0 Å². The van der Waals surface area contributed by atoms with Gasteiger partial charge in [-0.15, -0.1) is 0 Å². The zero-order valence-corrected chi connectivity index (χ0v) is 18.3. The lowest BCUT2D eigenvalue weighted by atomic mass is 9.89. The smallest absolute Gasteiger partial charge is 0.487 e. The van der Waals surface area contributed by atoms with Crippen LogP contribution in [0.5, 0.6) is 5.75 Å². The Labute approximate surface area is 155 Å². The summed E-state index contributed by atoms with van der Waals surface area (Å²) in [6.07, 6.45) is 2.04. The molecule has 1 saturated heterocycles. The van der Waals surface area contributed by atoms with Gasteiger partial charge in [-0.25, -0.2) is 0 Å². The van der Waals surface area contributed by atoms with Gasteiger partial charge in [-0.05, 0) is 63.5 Å². The van der Waals surface area contributed by atoms with Crippen LogP contribution in [0.3, 0.4) is 0 Å². The first-order valence-corrected chi connectivity index (χ1v) is 12.0. The van der Waals surface area contributed by atoms with Crippen molar-refractivity contribution in [2.24, 2.45) is 0 Å². The Hall–Kier alpha value is -1.04. The molecule has 0 radical (unpaired) electrons. The first-order chi connectivity index (χ1) is 11.2. The van der Waals surface area contributed by atoms with Crippen LogP contribution < -0.4 is 4.43 Å². The van der Waals surface area contributed by atoms with E-state index in [-0.39, 0.29) is 23.4 Å². The maximum Gasteiger partial charge on any atom is 0.487 e. The van der Waals surface area contributed by atoms with Crippen LogP contribution in [0.25, 0.3) is 6.08 Å². The lowest BCUT2D eigenvalue weighted by Gasteiger charge is -2.36. The summed E-state index contributed by atoms with van der Waals surface area (Å²) in [5.41, 5.74) is 0.503. The fourth-order valence-electron chi connectivity index (χ4n) is 2.25. The van der Waals surface area contributed by atoms with Crippen LogP contribution in [-0.2, 0) is 9.31 Å². The van der Waals surface area contributed by atoms with Gasteiger partial charge >= 0.3 is 7.12 Å². The molecule has 0 unspecified atom stereocenters. The van der Waals surface area contributed by atoms with Gasteiger partial charge in [-0.1, -0.05) is 45.0 Å². The summed E-state index contributed by atoms with van der Waals surface area (Å²) in [5.74, 6) is 2.92. The zero-order chi connectivity index (χ0) is 19.1. The van der Waals surface area contributed by atoms with E-state index in [4.69, 9.17) is 13.7 Å². The highest BCUT2D eigenvalue weighted by Gasteiger charge is 2.50. The van der Waals surface area contributed by atoms with Crippen molar-refractivity contribution in [2.45, 2.75) is 77.8 Å². The summed E-state index contributed by atoms with van der Waals surface area (Å²) in [6, 6.07) is 8.24. The van der Waals surface area contributed by atoms with Gasteiger partial charge in [0.05, 0.1) is 11.2 Å². The first kappa shape index (κ1) is 20.3. The van der Waals surface area contributed by atoms with Gasteiger partial charge in [0.1, 0.15) is 5.75 Å². The second kappa shape index (κ2) is 6.60. The number of hydrogen-bond acceptors (Lipinski definition) is 3. The van der Waals surface area contributed by atoms with Crippen molar-refractivity contribution in [2.75, 3.05) is 0 Å². The molecule has 5 heteroatoms. The Kier molecular flexibility index (Phi) is 5.35. The number of rotatable bonds is 4. The highest BCUT2D eigenvalue weighted by Crippen LogP contribution is 2.38. The third kappa shape index (κ3) is 4.57. The molecule has 0 saturated carbocycles. The molecule has 0 bridgehead atoms. The Bertz CT molecular complexity index is 611. The van der Waals surface area contributed by atoms with Gasteiger partial charge in [0.15, 0.2) is 0 Å². The molecule has 0 amide bonds. The molecule has 0 atom stereocenters. The summed E-state index contributed by atoms with van der Waals surface area (Å²) < 4.78 is 18.3. The van der Waals surface area contributed by atoms with Crippen LogP contribution in [0.4, 0.5) is 0 Å². The van der Waals surface area contributed by atoms with E-state index in [2.05, 4.69) is 73.7 Å². The molecular formula is C20H33BO3Si. The third-order valence-electron chi connectivity index (χ3n) is 5.78. The van der Waals surface area contributed by atoms with Gasteiger partial charge in [-0.2, -0.15) is 0 Å². The predicted octanol–water partition coefficient (Wildman–Crippen LogP) is 5.72. The first-order valence-electron chi connectivity index (χ1n) is 9.06. The van der Waals surface area contributed by atoms with Crippen LogP contribution in [0, 0.1) is 0 Å². The molecule has 1 aromatic carbocycles. The fourth-order valence-corrected chi connectivity index (χ4v) is 3.28. The topological polar surface area (TPSA) is 27.7 Å². The Balaban J connectivity index is 2.02. The molecule has 1 heterocycles. The Morgan fingerprint density at radius 3 is 1.88 bits per heavy atom. The van der Waals surface area contributed by atoms with Gasteiger partial charge in [-0.3, -0.25) is 0 Å². The highest BCUT2D eigenvalue weighted by atomic mass is 28.4. The van der Waals surface area contributed by atoms with Crippen molar-refractivity contribution in [3.63, 3.8) is 0 Å². The largest absolute Gasteiger partial charge is 0.544 e. The predicted molar refractivity (Wildman–Crippen MR) is 109 cm³/mol. The molecule has 1 aliphatic heterocycles. The SMILES string of the molecule is CC1(C)OB(/C=C/c2ccc(O[Si](C)(C)C(C)(C)C)cc2)OC1(C)C. The second-order valence-corrected chi connectivity index (χ2v) is 14.1. The molecule has 1 aromatic rings. The quantitative estimate of drug-likeness (QED) is 0.643. The van der Waals surface area contributed by atoms with Crippen LogP contribution in [0.1, 0.15) is 54.0 Å². The van der Waals surface area contributed by atoms with Gasteiger partial charge in [0, 0.05) is 0 Å². The summed E-state index contributed by atoms with van der Waals surface area (Å²) in [4.78, 5) is 0. The van der Waals surface area contributed by atoms with E-state index in [1.54, 1.807) is 0 Å². The van der Waals surface area contributed by atoms with E-state index in [1.807, 2.05) is 24.2 Å². The Morgan fingerprint density at radius 2 is 1.44 bits per heavy atom. The lowest BCUT2D eigenvalue weighted by Crippen LogP contribution is -2.43. The van der Waals surface area contributed by atoms with Gasteiger partial charge < -0.3 is 13.7 Å². The van der Waals surface area contributed by atoms with Crippen molar-refractivity contribution in [3.05, 3.63) is 35.8 Å². The molecule has 0 N–H and O–H groups in total. The minimum absolute atomic E-state index is 0.197. The molecule has 138 valence electrons. The monoisotopic (exact) mass is 360 g/mol. The lowest BCUT2D eigenvalue weighted by molar-refractivity contribution is 0.00578. The number of hydrogen-bond donors (Lipinski definition) is 0. The van der Waals surface area contributed by atoms with E-state index in [9.17, 15) is 0 Å². The molecule has 25 heavy (non-hydrogen) atoms. The molecule has 3 nitrogen and oxygen atoms in total.